The molecular formula is C17H21ClN2O. The number of benzene rings is 1. The number of aryl methyl sites for hydroxylation is 2. The van der Waals surface area contributed by atoms with Crippen LogP contribution in [0.5, 0.6) is 5.75 Å². The molecular weight excluding hydrogens is 284 g/mol. The Morgan fingerprint density at radius 2 is 1.95 bits per heavy atom. The van der Waals surface area contributed by atoms with Crippen LogP contribution >= 0.6 is 11.6 Å². The van der Waals surface area contributed by atoms with Gasteiger partial charge in [-0.1, -0.05) is 23.7 Å². The predicted octanol–water partition coefficient (Wildman–Crippen LogP) is 3.91. The molecule has 0 saturated heterocycles. The standard InChI is InChI=1S/C17H21ClN2O/c1-10-7-13(5-6-14(10)18)15(19)8-16-12(3)17(21-4)11(2)9-20-16/h5-7,9,15H,8,19H2,1-4H3. The molecule has 0 spiro atoms. The second-order valence-corrected chi connectivity index (χ2v) is 5.77. The molecule has 2 aromatic rings. The van der Waals surface area contributed by atoms with Crippen molar-refractivity contribution in [2.24, 2.45) is 5.73 Å². The largest absolute Gasteiger partial charge is 0.496 e. The van der Waals surface area contributed by atoms with E-state index in [-0.39, 0.29) is 6.04 Å². The molecule has 0 aliphatic rings. The van der Waals surface area contributed by atoms with E-state index < -0.39 is 0 Å². The first kappa shape index (κ1) is 15.8. The number of pyridine rings is 1. The fraction of sp³-hybridized carbons (Fsp3) is 0.353. The number of methoxy groups -OCH3 is 1. The maximum absolute atomic E-state index is 6.32. The molecule has 1 heterocycles. The first-order valence-corrected chi connectivity index (χ1v) is 7.32. The summed E-state index contributed by atoms with van der Waals surface area (Å²) in [5.74, 6) is 0.888. The van der Waals surface area contributed by atoms with Crippen molar-refractivity contribution in [2.45, 2.75) is 33.2 Å². The van der Waals surface area contributed by atoms with Crippen molar-refractivity contribution in [2.75, 3.05) is 7.11 Å². The number of halogens is 1. The predicted molar refractivity (Wildman–Crippen MR) is 87.1 cm³/mol. The Morgan fingerprint density at radius 3 is 2.57 bits per heavy atom. The molecule has 1 atom stereocenters. The number of aromatic nitrogens is 1. The highest BCUT2D eigenvalue weighted by Crippen LogP contribution is 2.27. The molecule has 0 bridgehead atoms. The molecule has 3 nitrogen and oxygen atoms in total. The molecule has 0 aliphatic carbocycles. The zero-order chi connectivity index (χ0) is 15.6. The SMILES string of the molecule is COc1c(C)cnc(CC(N)c2ccc(Cl)c(C)c2)c1C. The van der Waals surface area contributed by atoms with Crippen molar-refractivity contribution in [1.82, 2.24) is 4.98 Å². The van der Waals surface area contributed by atoms with E-state index in [1.807, 2.05) is 45.2 Å². The van der Waals surface area contributed by atoms with E-state index in [9.17, 15) is 0 Å². The van der Waals surface area contributed by atoms with E-state index >= 15 is 0 Å². The zero-order valence-corrected chi connectivity index (χ0v) is 13.7. The van der Waals surface area contributed by atoms with Gasteiger partial charge >= 0.3 is 0 Å². The van der Waals surface area contributed by atoms with Gasteiger partial charge in [-0.2, -0.15) is 0 Å². The van der Waals surface area contributed by atoms with Crippen molar-refractivity contribution in [3.63, 3.8) is 0 Å². The van der Waals surface area contributed by atoms with Crippen molar-refractivity contribution in [1.29, 1.82) is 0 Å². The number of hydrogen-bond acceptors (Lipinski definition) is 3. The van der Waals surface area contributed by atoms with Crippen LogP contribution in [0, 0.1) is 20.8 Å². The van der Waals surface area contributed by atoms with Crippen LogP contribution in [-0.2, 0) is 6.42 Å². The number of nitrogens with two attached hydrogens (primary N) is 1. The van der Waals surface area contributed by atoms with Crippen LogP contribution in [0.4, 0.5) is 0 Å². The Labute approximate surface area is 131 Å². The molecule has 2 rings (SSSR count). The summed E-state index contributed by atoms with van der Waals surface area (Å²) in [7, 11) is 1.68. The van der Waals surface area contributed by atoms with Gasteiger partial charge in [0.1, 0.15) is 5.75 Å². The van der Waals surface area contributed by atoms with Gasteiger partial charge < -0.3 is 10.5 Å². The lowest BCUT2D eigenvalue weighted by molar-refractivity contribution is 0.406. The third-order valence-electron chi connectivity index (χ3n) is 3.77. The summed E-state index contributed by atoms with van der Waals surface area (Å²) in [4.78, 5) is 4.51. The minimum Gasteiger partial charge on any atom is -0.496 e. The summed E-state index contributed by atoms with van der Waals surface area (Å²) in [6.45, 7) is 6.00. The summed E-state index contributed by atoms with van der Waals surface area (Å²) >= 11 is 6.06. The van der Waals surface area contributed by atoms with E-state index in [0.29, 0.717) is 6.42 Å². The Hall–Kier alpha value is -1.58. The second kappa shape index (κ2) is 6.46. The molecule has 0 fully saturated rings. The van der Waals surface area contributed by atoms with Gasteiger partial charge in [-0.3, -0.25) is 4.98 Å². The minimum absolute atomic E-state index is 0.112. The topological polar surface area (TPSA) is 48.1 Å². The molecule has 1 aromatic carbocycles. The zero-order valence-electron chi connectivity index (χ0n) is 12.9. The second-order valence-electron chi connectivity index (χ2n) is 5.37. The third kappa shape index (κ3) is 3.36. The molecule has 0 radical (unpaired) electrons. The Morgan fingerprint density at radius 1 is 1.24 bits per heavy atom. The van der Waals surface area contributed by atoms with Crippen molar-refractivity contribution in [3.05, 3.63) is 57.4 Å². The first-order valence-electron chi connectivity index (χ1n) is 6.94. The van der Waals surface area contributed by atoms with Crippen LogP contribution in [0.15, 0.2) is 24.4 Å². The number of rotatable bonds is 4. The van der Waals surface area contributed by atoms with Crippen LogP contribution in [0.3, 0.4) is 0 Å². The van der Waals surface area contributed by atoms with Gasteiger partial charge in [0.05, 0.1) is 7.11 Å². The van der Waals surface area contributed by atoms with Crippen LogP contribution in [0.25, 0.3) is 0 Å². The third-order valence-corrected chi connectivity index (χ3v) is 4.20. The highest BCUT2D eigenvalue weighted by molar-refractivity contribution is 6.31. The van der Waals surface area contributed by atoms with E-state index in [1.54, 1.807) is 7.11 Å². The highest BCUT2D eigenvalue weighted by Gasteiger charge is 2.14. The maximum Gasteiger partial charge on any atom is 0.128 e. The van der Waals surface area contributed by atoms with E-state index in [0.717, 1.165) is 38.7 Å². The summed E-state index contributed by atoms with van der Waals surface area (Å²) < 4.78 is 5.44. The molecule has 4 heteroatoms. The van der Waals surface area contributed by atoms with Crippen molar-refractivity contribution < 1.29 is 4.74 Å². The first-order chi connectivity index (χ1) is 9.93. The van der Waals surface area contributed by atoms with Gasteiger partial charge in [0.2, 0.25) is 0 Å². The lowest BCUT2D eigenvalue weighted by Crippen LogP contribution is -2.15. The van der Waals surface area contributed by atoms with E-state index in [1.165, 1.54) is 0 Å². The summed E-state index contributed by atoms with van der Waals surface area (Å²) in [5.41, 5.74) is 11.5. The van der Waals surface area contributed by atoms with Gasteiger partial charge in [-0.05, 0) is 38.0 Å². The van der Waals surface area contributed by atoms with Crippen molar-refractivity contribution >= 4 is 11.6 Å². The van der Waals surface area contributed by atoms with E-state index in [2.05, 4.69) is 4.98 Å². The Kier molecular flexibility index (Phi) is 4.86. The molecule has 1 aromatic heterocycles. The Balaban J connectivity index is 2.27. The van der Waals surface area contributed by atoms with Gasteiger partial charge in [0, 0.05) is 40.5 Å². The van der Waals surface area contributed by atoms with Crippen LogP contribution < -0.4 is 10.5 Å². The van der Waals surface area contributed by atoms with Crippen LogP contribution in [0.1, 0.15) is 34.0 Å². The molecule has 2 N–H and O–H groups in total. The molecule has 1 unspecified atom stereocenters. The normalized spacial score (nSPS) is 12.3. The van der Waals surface area contributed by atoms with Crippen LogP contribution in [-0.4, -0.2) is 12.1 Å². The highest BCUT2D eigenvalue weighted by atomic mass is 35.5. The lowest BCUT2D eigenvalue weighted by Gasteiger charge is -2.16. The number of hydrogen-bond donors (Lipinski definition) is 1. The lowest BCUT2D eigenvalue weighted by atomic mass is 9.98. The molecule has 0 aliphatic heterocycles. The molecule has 0 saturated carbocycles. The van der Waals surface area contributed by atoms with Gasteiger partial charge in [0.25, 0.3) is 0 Å². The quantitative estimate of drug-likeness (QED) is 0.931. The molecule has 112 valence electrons. The summed E-state index contributed by atoms with van der Waals surface area (Å²) in [6.07, 6.45) is 2.50. The van der Waals surface area contributed by atoms with Crippen LogP contribution in [0.2, 0.25) is 5.02 Å². The smallest absolute Gasteiger partial charge is 0.128 e. The number of ether oxygens (including phenoxy) is 1. The van der Waals surface area contributed by atoms with Gasteiger partial charge in [-0.25, -0.2) is 0 Å². The maximum atomic E-state index is 6.32. The monoisotopic (exact) mass is 304 g/mol. The van der Waals surface area contributed by atoms with Gasteiger partial charge in [0.15, 0.2) is 0 Å². The molecule has 0 amide bonds. The Bertz CT molecular complexity index is 655. The van der Waals surface area contributed by atoms with Crippen molar-refractivity contribution in [3.8, 4) is 5.75 Å². The average molecular weight is 305 g/mol. The van der Waals surface area contributed by atoms with Gasteiger partial charge in [-0.15, -0.1) is 0 Å². The number of nitrogens with zero attached hydrogens (tertiary/aromatic N) is 1. The summed E-state index contributed by atoms with van der Waals surface area (Å²) in [5, 5.41) is 0.761. The molecule has 21 heavy (non-hydrogen) atoms. The average Bonchev–Trinajstić information content (AvgIpc) is 2.45. The fourth-order valence-electron chi connectivity index (χ4n) is 2.50. The fourth-order valence-corrected chi connectivity index (χ4v) is 2.62. The minimum atomic E-state index is -0.112. The van der Waals surface area contributed by atoms with E-state index in [4.69, 9.17) is 22.1 Å². The summed E-state index contributed by atoms with van der Waals surface area (Å²) in [6, 6.07) is 5.79.